The van der Waals surface area contributed by atoms with Crippen LogP contribution in [0.2, 0.25) is 5.02 Å². The van der Waals surface area contributed by atoms with Crippen LogP contribution >= 0.6 is 22.9 Å². The molecule has 0 amide bonds. The van der Waals surface area contributed by atoms with Gasteiger partial charge in [0.25, 0.3) is 0 Å². The number of carboxylic acid groups (broad SMARTS) is 1. The number of fused-ring (bicyclic) bond motifs is 1. The molecule has 2 aromatic heterocycles. The second kappa shape index (κ2) is 10.4. The number of aliphatic carboxylic acids is 1. The first kappa shape index (κ1) is 26.6. The summed E-state index contributed by atoms with van der Waals surface area (Å²) in [5.74, 6) is -3.85. The van der Waals surface area contributed by atoms with Gasteiger partial charge in [0.15, 0.2) is 22.5 Å². The number of rotatable bonds is 6. The fourth-order valence-electron chi connectivity index (χ4n) is 5.67. The van der Waals surface area contributed by atoms with Crippen LogP contribution in [0.3, 0.4) is 0 Å². The number of aromatic nitrogens is 3. The highest BCUT2D eigenvalue weighted by atomic mass is 35.5. The van der Waals surface area contributed by atoms with Gasteiger partial charge in [-0.25, -0.2) is 18.6 Å². The highest BCUT2D eigenvalue weighted by Gasteiger charge is 2.40. The third-order valence-corrected chi connectivity index (χ3v) is 8.98. The second-order valence-electron chi connectivity index (χ2n) is 10.1. The Hall–Kier alpha value is -3.64. The van der Waals surface area contributed by atoms with E-state index in [-0.39, 0.29) is 35.0 Å². The van der Waals surface area contributed by atoms with Crippen LogP contribution in [0.1, 0.15) is 53.2 Å². The van der Waals surface area contributed by atoms with Crippen molar-refractivity contribution in [1.29, 1.82) is 0 Å². The first-order valence-corrected chi connectivity index (χ1v) is 14.0. The lowest BCUT2D eigenvalue weighted by Gasteiger charge is -2.33. The summed E-state index contributed by atoms with van der Waals surface area (Å²) >= 11 is 7.51. The summed E-state index contributed by atoms with van der Waals surface area (Å²) < 4.78 is 35.1. The second-order valence-corrected chi connectivity index (χ2v) is 11.4. The molecule has 2 atom stereocenters. The smallest absolute Gasteiger partial charge is 0.335 e. The number of hydrogen-bond donors (Lipinski definition) is 2. The fraction of sp³-hybridized carbons (Fsp3) is 0.370. The number of nitrogens with zero attached hydrogens (tertiary/aromatic N) is 4. The van der Waals surface area contributed by atoms with Gasteiger partial charge in [-0.05, 0) is 43.7 Å². The van der Waals surface area contributed by atoms with Gasteiger partial charge in [0, 0.05) is 35.0 Å². The zero-order valence-corrected chi connectivity index (χ0v) is 22.8. The molecule has 0 bridgehead atoms. The molecule has 208 valence electrons. The Morgan fingerprint density at radius 2 is 2.08 bits per heavy atom. The van der Waals surface area contributed by atoms with Crippen molar-refractivity contribution in [3.05, 3.63) is 79.7 Å². The van der Waals surface area contributed by atoms with Gasteiger partial charge in [0.05, 0.1) is 35.4 Å². The van der Waals surface area contributed by atoms with Crippen molar-refractivity contribution in [2.75, 3.05) is 7.11 Å². The zero-order valence-electron chi connectivity index (χ0n) is 21.2. The number of aryl methyl sites for hydroxylation is 1. The molecule has 3 heterocycles. The Kier molecular flexibility index (Phi) is 6.91. The molecule has 0 saturated heterocycles. The lowest BCUT2D eigenvalue weighted by molar-refractivity contribution is -0.149. The molecule has 3 aromatic rings. The van der Waals surface area contributed by atoms with E-state index < -0.39 is 28.7 Å². The predicted octanol–water partition coefficient (Wildman–Crippen LogP) is 4.63. The molecule has 13 heteroatoms. The number of thiazole rings is 1. The molecule has 1 aliphatic heterocycles. The minimum Gasteiger partial charge on any atom is -0.478 e. The number of amidine groups is 1. The maximum atomic E-state index is 14.5. The zero-order chi connectivity index (χ0) is 28.1. The molecule has 1 fully saturated rings. The Labute approximate surface area is 236 Å². The first-order valence-electron chi connectivity index (χ1n) is 12.7. The minimum absolute atomic E-state index is 0.0560. The van der Waals surface area contributed by atoms with Crippen LogP contribution in [0.4, 0.5) is 8.78 Å². The summed E-state index contributed by atoms with van der Waals surface area (Å²) in [4.78, 5) is 33.4. The van der Waals surface area contributed by atoms with E-state index in [1.54, 1.807) is 11.6 Å². The number of hydrogen-bond acceptors (Lipinski definition) is 8. The molecule has 0 spiro atoms. The van der Waals surface area contributed by atoms with E-state index in [1.165, 1.54) is 24.5 Å². The Morgan fingerprint density at radius 3 is 2.77 bits per heavy atom. The topological polar surface area (TPSA) is 119 Å². The number of benzene rings is 1. The van der Waals surface area contributed by atoms with Crippen LogP contribution < -0.4 is 5.32 Å². The number of aliphatic imine (C=N–C) groups is 1. The highest BCUT2D eigenvalue weighted by Crippen LogP contribution is 2.42. The van der Waals surface area contributed by atoms with Crippen LogP contribution in [-0.2, 0) is 27.2 Å². The van der Waals surface area contributed by atoms with Gasteiger partial charge in [-0.1, -0.05) is 17.7 Å². The molecule has 2 unspecified atom stereocenters. The quantitative estimate of drug-likeness (QED) is 0.319. The van der Waals surface area contributed by atoms with E-state index in [4.69, 9.17) is 21.4 Å². The number of ether oxygens (including phenoxy) is 1. The fourth-order valence-corrected chi connectivity index (χ4v) is 6.52. The van der Waals surface area contributed by atoms with E-state index in [0.29, 0.717) is 48.6 Å². The van der Waals surface area contributed by atoms with Gasteiger partial charge >= 0.3 is 11.9 Å². The van der Waals surface area contributed by atoms with Crippen molar-refractivity contribution in [3.63, 3.8) is 0 Å². The predicted molar refractivity (Wildman–Crippen MR) is 142 cm³/mol. The van der Waals surface area contributed by atoms with Gasteiger partial charge in [0.1, 0.15) is 6.04 Å². The van der Waals surface area contributed by atoms with Crippen LogP contribution in [0.5, 0.6) is 0 Å². The highest BCUT2D eigenvalue weighted by molar-refractivity contribution is 7.11. The largest absolute Gasteiger partial charge is 0.478 e. The van der Waals surface area contributed by atoms with Crippen LogP contribution in [0.15, 0.2) is 46.2 Å². The third kappa shape index (κ3) is 4.58. The molecular formula is C27H24ClF2N5O4S. The van der Waals surface area contributed by atoms with Crippen molar-refractivity contribution >= 4 is 40.7 Å². The number of nitrogens with one attached hydrogen (secondary N) is 1. The molecule has 3 aliphatic rings. The van der Waals surface area contributed by atoms with Crippen LogP contribution in [0, 0.1) is 23.5 Å². The first-order chi connectivity index (χ1) is 19.2. The van der Waals surface area contributed by atoms with E-state index in [2.05, 4.69) is 15.3 Å². The molecule has 0 radical (unpaired) electrons. The van der Waals surface area contributed by atoms with Gasteiger partial charge in [-0.3, -0.25) is 14.5 Å². The molecule has 2 N–H and O–H groups in total. The van der Waals surface area contributed by atoms with Gasteiger partial charge in [0.2, 0.25) is 0 Å². The average molecular weight is 588 g/mol. The van der Waals surface area contributed by atoms with Crippen molar-refractivity contribution in [2.45, 2.75) is 44.2 Å². The van der Waals surface area contributed by atoms with Gasteiger partial charge in [-0.15, -0.1) is 11.3 Å². The van der Waals surface area contributed by atoms with E-state index >= 15 is 0 Å². The molecule has 1 aromatic carbocycles. The number of carbonyl (C=O) groups is 2. The summed E-state index contributed by atoms with van der Waals surface area (Å²) in [5, 5.41) is 20.1. The normalized spacial score (nSPS) is 24.1. The summed E-state index contributed by atoms with van der Waals surface area (Å²) in [6, 6.07) is 1.12. The number of methoxy groups -OCH3 is 1. The number of allylic oxidation sites excluding steroid dienone is 1. The van der Waals surface area contributed by atoms with Crippen molar-refractivity contribution in [3.8, 4) is 0 Å². The molecule has 9 nitrogen and oxygen atoms in total. The summed E-state index contributed by atoms with van der Waals surface area (Å²) in [6.45, 7) is 0. The number of carbonyl (C=O) groups excluding carboxylic acids is 1. The van der Waals surface area contributed by atoms with E-state index in [0.717, 1.165) is 17.3 Å². The minimum atomic E-state index is -1.25. The molecule has 6 rings (SSSR count). The Balaban J connectivity index is 1.35. The monoisotopic (exact) mass is 587 g/mol. The standard InChI is InChI=1S/C27H24ClF2N5O4S/c1-39-27(38)13-9-15(10-13)35-11-14-8-12(2-5-18(14)34-35)22-19(26(36)37)23(16-3-4-17(29)21(30)20(16)28)33-24(32-22)25-31-6-7-40-25/h3-4,6-7,11-13,15,23H,2,5,8-10H2,1H3,(H,32,33)(H,36,37). The lowest BCUT2D eigenvalue weighted by atomic mass is 9.80. The molecule has 40 heavy (non-hydrogen) atoms. The number of halogens is 3. The van der Waals surface area contributed by atoms with Crippen molar-refractivity contribution in [2.24, 2.45) is 16.8 Å². The van der Waals surface area contributed by atoms with Crippen LogP contribution in [0.25, 0.3) is 0 Å². The van der Waals surface area contributed by atoms with Crippen molar-refractivity contribution < 1.29 is 28.2 Å². The molecule has 1 saturated carbocycles. The average Bonchev–Trinajstić information content (AvgIpc) is 3.60. The SMILES string of the molecule is COC(=O)C1CC(n2cc3c(n2)CCC(C2=C(C(=O)O)C(c4ccc(F)c(F)c4Cl)N=C(c4nccs4)N2)C3)C1. The number of carboxylic acids is 1. The maximum absolute atomic E-state index is 14.5. The maximum Gasteiger partial charge on any atom is 0.335 e. The summed E-state index contributed by atoms with van der Waals surface area (Å²) in [5.41, 5.74) is 2.36. The van der Waals surface area contributed by atoms with Crippen molar-refractivity contribution in [1.82, 2.24) is 20.1 Å². The van der Waals surface area contributed by atoms with Gasteiger partial charge in [-0.2, -0.15) is 5.10 Å². The van der Waals surface area contributed by atoms with E-state index in [9.17, 15) is 23.5 Å². The van der Waals surface area contributed by atoms with E-state index in [1.807, 2.05) is 10.9 Å². The Morgan fingerprint density at radius 1 is 1.27 bits per heavy atom. The Bertz CT molecular complexity index is 1560. The summed E-state index contributed by atoms with van der Waals surface area (Å²) in [7, 11) is 1.39. The van der Waals surface area contributed by atoms with Crippen LogP contribution in [-0.4, -0.2) is 44.8 Å². The lowest BCUT2D eigenvalue weighted by Crippen LogP contribution is -2.38. The van der Waals surface area contributed by atoms with Gasteiger partial charge < -0.3 is 15.2 Å². The number of esters is 1. The molecular weight excluding hydrogens is 564 g/mol. The summed E-state index contributed by atoms with van der Waals surface area (Å²) in [6.07, 6.45) is 6.66. The third-order valence-electron chi connectivity index (χ3n) is 7.82. The molecule has 2 aliphatic carbocycles.